The van der Waals surface area contributed by atoms with E-state index in [9.17, 15) is 47.4 Å². The van der Waals surface area contributed by atoms with Gasteiger partial charge in [0.15, 0.2) is 15.5 Å². The van der Waals surface area contributed by atoms with E-state index in [-0.39, 0.29) is 30.2 Å². The van der Waals surface area contributed by atoms with Crippen LogP contribution in [0.15, 0.2) is 47.8 Å². The molecule has 49 heavy (non-hydrogen) atoms. The number of nitrogens with two attached hydrogens (primary N) is 1. The molecule has 2 saturated heterocycles. The lowest BCUT2D eigenvalue weighted by molar-refractivity contribution is -0.150. The molecule has 0 radical (unpaired) electrons. The Balaban J connectivity index is 0.000000191. The average Bonchev–Trinajstić information content (AvgIpc) is 3.57. The van der Waals surface area contributed by atoms with Crippen molar-refractivity contribution in [2.45, 2.75) is 61.2 Å². The number of amides is 2. The van der Waals surface area contributed by atoms with Gasteiger partial charge >= 0.3 is 17.9 Å². The summed E-state index contributed by atoms with van der Waals surface area (Å²) in [6.07, 6.45) is 0.951. The Morgan fingerprint density at radius 1 is 1.18 bits per heavy atom. The highest BCUT2D eigenvalue weighted by molar-refractivity contribution is 8.00. The molecule has 2 amide bonds. The average molecular weight is 719 g/mol. The normalized spacial score (nSPS) is 28.5. The lowest BCUT2D eigenvalue weighted by Crippen LogP contribution is -2.71. The maximum atomic E-state index is 12.9. The van der Waals surface area contributed by atoms with Crippen LogP contribution in [-0.2, 0) is 45.1 Å². The van der Waals surface area contributed by atoms with Gasteiger partial charge in [0.1, 0.15) is 33.7 Å². The quantitative estimate of drug-likeness (QED) is 0.192. The van der Waals surface area contributed by atoms with Gasteiger partial charge in [-0.15, -0.1) is 16.9 Å². The summed E-state index contributed by atoms with van der Waals surface area (Å²) in [6.45, 7) is 4.29. The number of carbonyl (C=O) groups excluding carboxylic acids is 4. The number of β-lactam (4-membered cyclic amide) rings is 1. The van der Waals surface area contributed by atoms with Crippen LogP contribution in [0.4, 0.5) is 0 Å². The molecule has 1 aromatic heterocycles. The maximum Gasteiger partial charge on any atom is 0.358 e. The molecular formula is C30H34N6O11S2. The lowest BCUT2D eigenvalue weighted by atomic mass is 9.70. The van der Waals surface area contributed by atoms with Crippen LogP contribution >= 0.6 is 11.8 Å². The van der Waals surface area contributed by atoms with Gasteiger partial charge < -0.3 is 26.0 Å². The van der Waals surface area contributed by atoms with Crippen molar-refractivity contribution in [3.8, 4) is 0 Å². The van der Waals surface area contributed by atoms with Crippen LogP contribution in [0.3, 0.4) is 0 Å². The van der Waals surface area contributed by atoms with E-state index in [1.54, 1.807) is 38.1 Å². The molecule has 262 valence electrons. The minimum atomic E-state index is -3.93. The Morgan fingerprint density at radius 3 is 2.45 bits per heavy atom. The molecular weight excluding hydrogens is 684 g/mol. The van der Waals surface area contributed by atoms with Crippen molar-refractivity contribution in [3.05, 3.63) is 59.1 Å². The van der Waals surface area contributed by atoms with E-state index in [1.165, 1.54) is 23.6 Å². The number of benzene rings is 1. The zero-order chi connectivity index (χ0) is 36.0. The number of nitrogens with zero attached hydrogens (tertiary/aromatic N) is 4. The summed E-state index contributed by atoms with van der Waals surface area (Å²) in [5.74, 6) is -6.41. The highest BCUT2D eigenvalue weighted by Gasteiger charge is 2.71. The summed E-state index contributed by atoms with van der Waals surface area (Å²) < 4.78 is 29.9. The maximum absolute atomic E-state index is 12.9. The van der Waals surface area contributed by atoms with Crippen molar-refractivity contribution < 1.29 is 52.1 Å². The van der Waals surface area contributed by atoms with Crippen LogP contribution in [0.2, 0.25) is 0 Å². The van der Waals surface area contributed by atoms with E-state index < -0.39 is 85.4 Å². The number of aromatic nitrogens is 3. The van der Waals surface area contributed by atoms with Crippen LogP contribution in [0.1, 0.15) is 49.3 Å². The topological polar surface area (TPSA) is 258 Å². The predicted octanol–water partition coefficient (Wildman–Crippen LogP) is -0.255. The molecule has 3 unspecified atom stereocenters. The van der Waals surface area contributed by atoms with Gasteiger partial charge in [-0.2, -0.15) is 0 Å². The third-order valence-corrected chi connectivity index (χ3v) is 13.5. The van der Waals surface area contributed by atoms with Crippen molar-refractivity contribution in [2.24, 2.45) is 17.6 Å². The number of esters is 1. The molecule has 1 aliphatic carbocycles. The Labute approximate surface area is 284 Å². The number of carboxylic acid groups (broad SMARTS) is 2. The molecule has 7 atom stereocenters. The number of ketones is 1. The summed E-state index contributed by atoms with van der Waals surface area (Å²) in [5, 5.41) is 27.4. The number of aliphatic carboxylic acids is 2. The highest BCUT2D eigenvalue weighted by atomic mass is 32.2. The number of fused-ring (bicyclic) bond motifs is 2. The molecule has 0 bridgehead atoms. The molecule has 0 spiro atoms. The second-order valence-corrected chi connectivity index (χ2v) is 15.9. The van der Waals surface area contributed by atoms with Gasteiger partial charge in [-0.3, -0.25) is 24.1 Å². The highest BCUT2D eigenvalue weighted by Crippen LogP contribution is 2.54. The molecule has 1 saturated carbocycles. The number of carboxylic acids is 2. The van der Waals surface area contributed by atoms with Gasteiger partial charge in [-0.25, -0.2) is 22.7 Å². The van der Waals surface area contributed by atoms with Crippen molar-refractivity contribution in [2.75, 3.05) is 12.4 Å². The third-order valence-electron chi connectivity index (χ3n) is 9.17. The van der Waals surface area contributed by atoms with E-state index in [4.69, 9.17) is 10.5 Å². The number of nitrogens with one attached hydrogen (secondary N) is 1. The SMILES string of the molecule is CC1=C(C(=O)O)N2C(=O)[C@@H](NC(=O)C(N)c3ccccc3)[C@H]2SC1.CCOC(=O)c1cnnn1C[C@@]1(C)[C@H](C(=O)O)C2C(=O)CC2S1(=O)=O. The standard InChI is InChI=1S/C16H17N3O4S.C14H17N3O7S/c1-8-7-24-15-11(14(21)19(15)12(8)16(22)23)18-13(20)10(17)9-5-3-2-4-6-9;1-3-24-13(21)7-5-15-16-17(7)6-14(2)11(12(19)20)10-8(18)4-9(10)25(14,22)23/h2-6,10-11,15H,7,17H2,1H3,(H,18,20)(H,22,23);5,9-11H,3-4,6H2,1-2H3,(H,19,20)/t10?,11-,15-;9?,10?,11-,14-/m10/s1. The first kappa shape index (κ1) is 35.7. The zero-order valence-corrected chi connectivity index (χ0v) is 28.1. The molecule has 3 aliphatic heterocycles. The molecule has 5 N–H and O–H groups in total. The Morgan fingerprint density at radius 2 is 1.86 bits per heavy atom. The van der Waals surface area contributed by atoms with Crippen LogP contribution in [0.5, 0.6) is 0 Å². The van der Waals surface area contributed by atoms with Gasteiger partial charge in [0, 0.05) is 18.1 Å². The van der Waals surface area contributed by atoms with Crippen LogP contribution < -0.4 is 11.1 Å². The molecule has 19 heteroatoms. The first-order valence-corrected chi connectivity index (χ1v) is 17.7. The van der Waals surface area contributed by atoms with E-state index in [0.29, 0.717) is 16.9 Å². The van der Waals surface area contributed by atoms with Gasteiger partial charge in [0.25, 0.3) is 5.91 Å². The minimum absolute atomic E-state index is 0.0154. The summed E-state index contributed by atoms with van der Waals surface area (Å²) in [5.41, 5.74) is 7.16. The number of ether oxygens (including phenoxy) is 1. The van der Waals surface area contributed by atoms with Crippen LogP contribution in [0.25, 0.3) is 0 Å². The number of carbonyl (C=O) groups is 6. The lowest BCUT2D eigenvalue weighted by Gasteiger charge is -2.49. The molecule has 2 aromatic rings. The number of hydrogen-bond donors (Lipinski definition) is 4. The molecule has 4 aliphatic rings. The van der Waals surface area contributed by atoms with Crippen LogP contribution in [-0.4, -0.2) is 108 Å². The Kier molecular flexibility index (Phi) is 9.73. The van der Waals surface area contributed by atoms with E-state index >= 15 is 0 Å². The summed E-state index contributed by atoms with van der Waals surface area (Å²) >= 11 is 1.43. The smallest absolute Gasteiger partial charge is 0.358 e. The zero-order valence-electron chi connectivity index (χ0n) is 26.5. The number of Topliss-reactive ketones (excluding diaryl/α,β-unsaturated/α-hetero) is 1. The summed E-state index contributed by atoms with van der Waals surface area (Å²) in [4.78, 5) is 72.7. The monoisotopic (exact) mass is 718 g/mol. The fraction of sp³-hybridized carbons (Fsp3) is 0.467. The number of hydrogen-bond acceptors (Lipinski definition) is 13. The van der Waals surface area contributed by atoms with E-state index in [2.05, 4.69) is 15.6 Å². The first-order valence-electron chi connectivity index (χ1n) is 15.1. The Bertz CT molecular complexity index is 1860. The van der Waals surface area contributed by atoms with Crippen LogP contribution in [0, 0.1) is 11.8 Å². The van der Waals surface area contributed by atoms with Crippen molar-refractivity contribution in [1.29, 1.82) is 0 Å². The van der Waals surface area contributed by atoms with Crippen molar-refractivity contribution in [1.82, 2.24) is 25.2 Å². The third kappa shape index (κ3) is 5.99. The Hall–Kier alpha value is -4.62. The fourth-order valence-corrected chi connectivity index (χ4v) is 10.5. The summed E-state index contributed by atoms with van der Waals surface area (Å²) in [6, 6.07) is 7.23. The van der Waals surface area contributed by atoms with Gasteiger partial charge in [-0.1, -0.05) is 35.5 Å². The van der Waals surface area contributed by atoms with Gasteiger partial charge in [0.2, 0.25) is 5.91 Å². The molecule has 1 aromatic carbocycles. The molecule has 3 fully saturated rings. The van der Waals surface area contributed by atoms with Crippen molar-refractivity contribution >= 4 is 57.1 Å². The fourth-order valence-electron chi connectivity index (χ4n) is 6.58. The number of rotatable bonds is 9. The second-order valence-electron chi connectivity index (χ2n) is 12.1. The number of thioether (sulfide) groups is 1. The molecule has 4 heterocycles. The second kappa shape index (κ2) is 13.4. The molecule has 6 rings (SSSR count). The summed E-state index contributed by atoms with van der Waals surface area (Å²) in [7, 11) is -3.93. The first-order chi connectivity index (χ1) is 23.1. The van der Waals surface area contributed by atoms with Crippen molar-refractivity contribution in [3.63, 3.8) is 0 Å². The van der Waals surface area contributed by atoms with E-state index in [1.807, 2.05) is 6.07 Å². The van der Waals surface area contributed by atoms with Gasteiger partial charge in [-0.05, 0) is 31.9 Å². The molecule has 17 nitrogen and oxygen atoms in total. The minimum Gasteiger partial charge on any atom is -0.481 e. The van der Waals surface area contributed by atoms with Gasteiger partial charge in [0.05, 0.1) is 30.5 Å². The van der Waals surface area contributed by atoms with E-state index in [0.717, 1.165) is 10.9 Å². The largest absolute Gasteiger partial charge is 0.481 e. The number of sulfone groups is 1. The predicted molar refractivity (Wildman–Crippen MR) is 170 cm³/mol.